The molecule has 0 aromatic rings. The Morgan fingerprint density at radius 1 is 0.739 bits per heavy atom. The van der Waals surface area contributed by atoms with E-state index in [4.69, 9.17) is 9.47 Å². The van der Waals surface area contributed by atoms with E-state index in [-0.39, 0.29) is 11.9 Å². The van der Waals surface area contributed by atoms with Crippen molar-refractivity contribution >= 4 is 35.5 Å². The predicted molar refractivity (Wildman–Crippen MR) is 95.9 cm³/mol. The maximum Gasteiger partial charge on any atom is 0.306 e. The van der Waals surface area contributed by atoms with Gasteiger partial charge in [-0.15, -0.1) is 0 Å². The van der Waals surface area contributed by atoms with Gasteiger partial charge in [0.25, 0.3) is 0 Å². The smallest absolute Gasteiger partial charge is 0.306 e. The van der Waals surface area contributed by atoms with Crippen LogP contribution in [-0.4, -0.2) is 48.2 Å². The van der Waals surface area contributed by atoms with Crippen molar-refractivity contribution in [3.63, 3.8) is 0 Å². The summed E-state index contributed by atoms with van der Waals surface area (Å²) in [6.45, 7) is 1.28. The molecule has 0 N–H and O–H groups in total. The Morgan fingerprint density at radius 3 is 1.57 bits per heavy atom. The molecule has 2 saturated heterocycles. The summed E-state index contributed by atoms with van der Waals surface area (Å²) in [6, 6.07) is 0. The van der Waals surface area contributed by atoms with Crippen LogP contribution in [0.1, 0.15) is 44.9 Å². The van der Waals surface area contributed by atoms with Gasteiger partial charge in [-0.1, -0.05) is 0 Å². The Kier molecular flexibility index (Phi) is 9.27. The molecule has 132 valence electrons. The molecule has 2 aliphatic rings. The van der Waals surface area contributed by atoms with Crippen LogP contribution in [0.4, 0.5) is 0 Å². The number of rotatable bonds is 12. The standard InChI is InChI=1S/C17H28O4S2/c18-16-10-14(12-20-16)4-1-6-22-8-3-9-23-7-2-5-15-11-17(19)21-13-15/h14-15H,1-13H2. The second-order valence-electron chi connectivity index (χ2n) is 6.37. The van der Waals surface area contributed by atoms with E-state index < -0.39 is 0 Å². The van der Waals surface area contributed by atoms with E-state index in [2.05, 4.69) is 0 Å². The van der Waals surface area contributed by atoms with E-state index in [1.807, 2.05) is 23.5 Å². The molecule has 0 aliphatic carbocycles. The molecule has 4 nitrogen and oxygen atoms in total. The highest BCUT2D eigenvalue weighted by atomic mass is 32.2. The lowest BCUT2D eigenvalue weighted by Crippen LogP contribution is -2.00. The summed E-state index contributed by atoms with van der Waals surface area (Å²) in [7, 11) is 0. The van der Waals surface area contributed by atoms with Gasteiger partial charge in [0, 0.05) is 11.8 Å². The number of carbonyl (C=O) groups is 2. The molecule has 2 aliphatic heterocycles. The van der Waals surface area contributed by atoms with Crippen LogP contribution < -0.4 is 0 Å². The number of cyclic esters (lactones) is 2. The second-order valence-corrected chi connectivity index (χ2v) is 8.82. The molecule has 2 fully saturated rings. The van der Waals surface area contributed by atoms with Gasteiger partial charge in [-0.3, -0.25) is 9.59 Å². The largest absolute Gasteiger partial charge is 0.465 e. The van der Waals surface area contributed by atoms with Crippen molar-refractivity contribution in [2.24, 2.45) is 11.8 Å². The average Bonchev–Trinajstić information content (AvgIpc) is 3.13. The SMILES string of the molecule is O=C1CC(CCCSCCCSCCCC2COC(=O)C2)CO1. The molecule has 2 unspecified atom stereocenters. The Bertz CT molecular complexity index is 342. The molecule has 23 heavy (non-hydrogen) atoms. The lowest BCUT2D eigenvalue weighted by atomic mass is 10.0. The normalized spacial score (nSPS) is 24.0. The summed E-state index contributed by atoms with van der Waals surface area (Å²) in [5, 5.41) is 0. The van der Waals surface area contributed by atoms with E-state index in [1.165, 1.54) is 42.3 Å². The van der Waals surface area contributed by atoms with E-state index in [1.54, 1.807) is 0 Å². The van der Waals surface area contributed by atoms with Crippen molar-refractivity contribution in [1.82, 2.24) is 0 Å². The van der Waals surface area contributed by atoms with Gasteiger partial charge in [0.05, 0.1) is 26.1 Å². The molecule has 0 aromatic carbocycles. The molecule has 0 spiro atoms. The van der Waals surface area contributed by atoms with Crippen LogP contribution in [0, 0.1) is 11.8 Å². The van der Waals surface area contributed by atoms with E-state index in [0.717, 1.165) is 12.8 Å². The minimum atomic E-state index is -0.0215. The molecular weight excluding hydrogens is 332 g/mol. The number of thioether (sulfide) groups is 2. The first kappa shape index (κ1) is 19.0. The topological polar surface area (TPSA) is 52.6 Å². The Labute approximate surface area is 147 Å². The summed E-state index contributed by atoms with van der Waals surface area (Å²) in [6.07, 6.45) is 7.17. The number of hydrogen-bond acceptors (Lipinski definition) is 6. The summed E-state index contributed by atoms with van der Waals surface area (Å²) >= 11 is 4.06. The van der Waals surface area contributed by atoms with Crippen LogP contribution in [0.5, 0.6) is 0 Å². The van der Waals surface area contributed by atoms with Gasteiger partial charge in [0.15, 0.2) is 0 Å². The molecule has 2 heterocycles. The molecule has 0 bridgehead atoms. The van der Waals surface area contributed by atoms with Crippen molar-refractivity contribution in [2.45, 2.75) is 44.9 Å². The second kappa shape index (κ2) is 11.2. The molecule has 2 rings (SSSR count). The monoisotopic (exact) mass is 360 g/mol. The zero-order valence-corrected chi connectivity index (χ0v) is 15.4. The van der Waals surface area contributed by atoms with Crippen LogP contribution in [0.25, 0.3) is 0 Å². The minimum absolute atomic E-state index is 0.0215. The number of carbonyl (C=O) groups excluding carboxylic acids is 2. The third-order valence-corrected chi connectivity index (χ3v) is 6.56. The Morgan fingerprint density at radius 2 is 1.17 bits per heavy atom. The van der Waals surface area contributed by atoms with Crippen LogP contribution in [0.2, 0.25) is 0 Å². The zero-order valence-electron chi connectivity index (χ0n) is 13.8. The maximum atomic E-state index is 11.0. The number of hydrogen-bond donors (Lipinski definition) is 0. The molecule has 0 saturated carbocycles. The first-order valence-corrected chi connectivity index (χ1v) is 11.0. The van der Waals surface area contributed by atoms with Gasteiger partial charge in [-0.2, -0.15) is 23.5 Å². The minimum Gasteiger partial charge on any atom is -0.465 e. The van der Waals surface area contributed by atoms with Crippen molar-refractivity contribution in [3.05, 3.63) is 0 Å². The zero-order chi connectivity index (χ0) is 16.3. The highest BCUT2D eigenvalue weighted by Crippen LogP contribution is 2.22. The third kappa shape index (κ3) is 8.34. The highest BCUT2D eigenvalue weighted by Gasteiger charge is 2.23. The van der Waals surface area contributed by atoms with E-state index in [9.17, 15) is 9.59 Å². The van der Waals surface area contributed by atoms with Crippen LogP contribution >= 0.6 is 23.5 Å². The molecule has 6 heteroatoms. The van der Waals surface area contributed by atoms with Gasteiger partial charge in [0.1, 0.15) is 0 Å². The number of esters is 2. The van der Waals surface area contributed by atoms with Gasteiger partial charge >= 0.3 is 11.9 Å². The molecule has 0 amide bonds. The molecule has 0 radical (unpaired) electrons. The van der Waals surface area contributed by atoms with Crippen molar-refractivity contribution in [1.29, 1.82) is 0 Å². The quantitative estimate of drug-likeness (QED) is 0.392. The summed E-state index contributed by atoms with van der Waals surface area (Å²) in [5.74, 6) is 5.77. The van der Waals surface area contributed by atoms with Crippen LogP contribution in [0.3, 0.4) is 0 Å². The molecular formula is C17H28O4S2. The summed E-state index contributed by atoms with van der Waals surface area (Å²) in [4.78, 5) is 21.9. The maximum absolute atomic E-state index is 11.0. The lowest BCUT2D eigenvalue weighted by molar-refractivity contribution is -0.138. The Balaban J connectivity index is 1.28. The summed E-state index contributed by atoms with van der Waals surface area (Å²) < 4.78 is 9.95. The Hall–Kier alpha value is -0.360. The summed E-state index contributed by atoms with van der Waals surface area (Å²) in [5.41, 5.74) is 0. The first-order chi connectivity index (χ1) is 11.2. The van der Waals surface area contributed by atoms with Crippen LogP contribution in [0.15, 0.2) is 0 Å². The highest BCUT2D eigenvalue weighted by molar-refractivity contribution is 8.00. The molecule has 2 atom stereocenters. The third-order valence-electron chi connectivity index (χ3n) is 4.25. The van der Waals surface area contributed by atoms with Gasteiger partial charge < -0.3 is 9.47 Å². The van der Waals surface area contributed by atoms with Crippen molar-refractivity contribution in [2.75, 3.05) is 36.2 Å². The fraction of sp³-hybridized carbons (Fsp3) is 0.882. The lowest BCUT2D eigenvalue weighted by Gasteiger charge is -2.06. The fourth-order valence-electron chi connectivity index (χ4n) is 2.91. The van der Waals surface area contributed by atoms with Crippen molar-refractivity contribution < 1.29 is 19.1 Å². The fourth-order valence-corrected chi connectivity index (χ4v) is 4.94. The first-order valence-electron chi connectivity index (χ1n) is 8.71. The van der Waals surface area contributed by atoms with Gasteiger partial charge in [-0.05, 0) is 55.1 Å². The average molecular weight is 361 g/mol. The van der Waals surface area contributed by atoms with E-state index >= 15 is 0 Å². The number of ether oxygens (including phenoxy) is 2. The predicted octanol–water partition coefficient (Wildman–Crippen LogP) is 3.53. The van der Waals surface area contributed by atoms with Crippen LogP contribution in [-0.2, 0) is 19.1 Å². The van der Waals surface area contributed by atoms with Gasteiger partial charge in [0.2, 0.25) is 0 Å². The molecule has 0 aromatic heterocycles. The van der Waals surface area contributed by atoms with Crippen molar-refractivity contribution in [3.8, 4) is 0 Å². The van der Waals surface area contributed by atoms with E-state index in [0.29, 0.717) is 37.9 Å². The van der Waals surface area contributed by atoms with Gasteiger partial charge in [-0.25, -0.2) is 0 Å².